The van der Waals surface area contributed by atoms with Gasteiger partial charge in [0, 0.05) is 32.2 Å². The van der Waals surface area contributed by atoms with Crippen molar-refractivity contribution in [2.75, 3.05) is 13.6 Å². The SMILES string of the molecule is CN(CCCn1c(=O)c2c(ncn2C)n(C)c1=O)Cc1cccc(Cl)c1. The van der Waals surface area contributed by atoms with E-state index >= 15 is 0 Å². The molecular formula is C18H22ClN5O2. The van der Waals surface area contributed by atoms with Crippen molar-refractivity contribution in [3.8, 4) is 0 Å². The Morgan fingerprint density at radius 2 is 2.00 bits per heavy atom. The van der Waals surface area contributed by atoms with Crippen LogP contribution < -0.4 is 11.2 Å². The molecule has 0 amide bonds. The highest BCUT2D eigenvalue weighted by molar-refractivity contribution is 6.30. The molecule has 7 nitrogen and oxygen atoms in total. The molecule has 0 aliphatic carbocycles. The van der Waals surface area contributed by atoms with E-state index in [1.54, 1.807) is 25.0 Å². The summed E-state index contributed by atoms with van der Waals surface area (Å²) in [6.45, 7) is 1.88. The van der Waals surface area contributed by atoms with Gasteiger partial charge in [0.1, 0.15) is 0 Å². The van der Waals surface area contributed by atoms with Crippen LogP contribution in [0.5, 0.6) is 0 Å². The second kappa shape index (κ2) is 7.47. The Bertz CT molecular complexity index is 1050. The summed E-state index contributed by atoms with van der Waals surface area (Å²) in [6, 6.07) is 7.74. The predicted molar refractivity (Wildman–Crippen MR) is 103 cm³/mol. The van der Waals surface area contributed by atoms with Crippen LogP contribution in [0.2, 0.25) is 5.02 Å². The van der Waals surface area contributed by atoms with Gasteiger partial charge in [0.2, 0.25) is 0 Å². The Labute approximate surface area is 156 Å². The summed E-state index contributed by atoms with van der Waals surface area (Å²) in [5.41, 5.74) is 1.36. The molecule has 0 atom stereocenters. The largest absolute Gasteiger partial charge is 0.332 e. The van der Waals surface area contributed by atoms with Crippen molar-refractivity contribution in [3.63, 3.8) is 0 Å². The molecule has 0 aliphatic heterocycles. The lowest BCUT2D eigenvalue weighted by atomic mass is 10.2. The van der Waals surface area contributed by atoms with Crippen molar-refractivity contribution in [2.24, 2.45) is 14.1 Å². The third-order valence-electron chi connectivity index (χ3n) is 4.46. The zero-order chi connectivity index (χ0) is 18.8. The van der Waals surface area contributed by atoms with Gasteiger partial charge in [-0.2, -0.15) is 0 Å². The van der Waals surface area contributed by atoms with E-state index in [4.69, 9.17) is 11.6 Å². The number of aromatic nitrogens is 4. The Kier molecular flexibility index (Phi) is 5.29. The van der Waals surface area contributed by atoms with E-state index < -0.39 is 0 Å². The maximum absolute atomic E-state index is 12.6. The van der Waals surface area contributed by atoms with Crippen molar-refractivity contribution in [1.82, 2.24) is 23.6 Å². The molecule has 2 aromatic heterocycles. The average Bonchev–Trinajstić information content (AvgIpc) is 2.98. The molecule has 8 heteroatoms. The third-order valence-corrected chi connectivity index (χ3v) is 4.70. The standard InChI is InChI=1S/C18H22ClN5O2/c1-21(11-13-6-4-7-14(19)10-13)8-5-9-24-17(25)15-16(20-12-22(15)2)23(3)18(24)26/h4,6-7,10,12H,5,8-9,11H2,1-3H3. The van der Waals surface area contributed by atoms with Crippen LogP contribution in [0.1, 0.15) is 12.0 Å². The normalized spacial score (nSPS) is 11.6. The topological polar surface area (TPSA) is 65.1 Å². The summed E-state index contributed by atoms with van der Waals surface area (Å²) in [7, 11) is 5.40. The van der Waals surface area contributed by atoms with Gasteiger partial charge >= 0.3 is 5.69 Å². The van der Waals surface area contributed by atoms with Crippen LogP contribution in [0.3, 0.4) is 0 Å². The van der Waals surface area contributed by atoms with E-state index in [1.165, 1.54) is 9.13 Å². The molecule has 138 valence electrons. The molecule has 0 radical (unpaired) electrons. The second-order valence-electron chi connectivity index (χ2n) is 6.55. The first-order valence-corrected chi connectivity index (χ1v) is 8.80. The van der Waals surface area contributed by atoms with Crippen molar-refractivity contribution in [1.29, 1.82) is 0 Å². The van der Waals surface area contributed by atoms with Gasteiger partial charge in [-0.3, -0.25) is 13.9 Å². The van der Waals surface area contributed by atoms with Gasteiger partial charge in [-0.05, 0) is 37.7 Å². The van der Waals surface area contributed by atoms with Crippen molar-refractivity contribution in [2.45, 2.75) is 19.5 Å². The molecule has 3 aromatic rings. The highest BCUT2D eigenvalue weighted by atomic mass is 35.5. The molecule has 0 aliphatic rings. The first kappa shape index (κ1) is 18.4. The first-order chi connectivity index (χ1) is 12.4. The number of hydrogen-bond donors (Lipinski definition) is 0. The van der Waals surface area contributed by atoms with Crippen LogP contribution in [0.4, 0.5) is 0 Å². The molecule has 0 saturated heterocycles. The number of hydrogen-bond acceptors (Lipinski definition) is 4. The molecule has 3 rings (SSSR count). The van der Waals surface area contributed by atoms with Crippen molar-refractivity contribution < 1.29 is 0 Å². The molecule has 26 heavy (non-hydrogen) atoms. The van der Waals surface area contributed by atoms with Crippen molar-refractivity contribution in [3.05, 3.63) is 62.0 Å². The van der Waals surface area contributed by atoms with Gasteiger partial charge in [-0.25, -0.2) is 9.78 Å². The van der Waals surface area contributed by atoms with E-state index in [0.717, 1.165) is 23.7 Å². The van der Waals surface area contributed by atoms with Gasteiger partial charge in [0.15, 0.2) is 11.2 Å². The number of fused-ring (bicyclic) bond motifs is 1. The zero-order valence-electron chi connectivity index (χ0n) is 15.1. The Morgan fingerprint density at radius 1 is 1.23 bits per heavy atom. The summed E-state index contributed by atoms with van der Waals surface area (Å²) in [4.78, 5) is 31.4. The summed E-state index contributed by atoms with van der Waals surface area (Å²) in [6.07, 6.45) is 2.24. The van der Waals surface area contributed by atoms with Gasteiger partial charge in [-0.1, -0.05) is 23.7 Å². The number of aryl methyl sites for hydroxylation is 2. The molecule has 0 N–H and O–H groups in total. The summed E-state index contributed by atoms with van der Waals surface area (Å²) in [5.74, 6) is 0. The number of rotatable bonds is 6. The molecule has 1 aromatic carbocycles. The Hall–Kier alpha value is -2.38. The molecule has 0 bridgehead atoms. The maximum atomic E-state index is 12.6. The lowest BCUT2D eigenvalue weighted by molar-refractivity contribution is 0.312. The number of halogens is 1. The van der Waals surface area contributed by atoms with Crippen LogP contribution in [0.25, 0.3) is 11.2 Å². The van der Waals surface area contributed by atoms with Gasteiger partial charge in [0.25, 0.3) is 5.56 Å². The van der Waals surface area contributed by atoms with E-state index in [0.29, 0.717) is 24.1 Å². The fourth-order valence-electron chi connectivity index (χ4n) is 3.12. The fraction of sp³-hybridized carbons (Fsp3) is 0.389. The highest BCUT2D eigenvalue weighted by Gasteiger charge is 2.14. The van der Waals surface area contributed by atoms with Crippen LogP contribution in [-0.4, -0.2) is 37.2 Å². The number of benzene rings is 1. The predicted octanol–water partition coefficient (Wildman–Crippen LogP) is 1.61. The van der Waals surface area contributed by atoms with Crippen LogP contribution in [0.15, 0.2) is 40.2 Å². The molecule has 0 saturated carbocycles. The fourth-order valence-corrected chi connectivity index (χ4v) is 3.33. The van der Waals surface area contributed by atoms with Crippen molar-refractivity contribution >= 4 is 22.8 Å². The lowest BCUT2D eigenvalue weighted by Gasteiger charge is -2.17. The minimum Gasteiger partial charge on any atom is -0.328 e. The molecular weight excluding hydrogens is 354 g/mol. The Morgan fingerprint density at radius 3 is 2.73 bits per heavy atom. The maximum Gasteiger partial charge on any atom is 0.332 e. The van der Waals surface area contributed by atoms with Gasteiger partial charge in [-0.15, -0.1) is 0 Å². The molecule has 2 heterocycles. The summed E-state index contributed by atoms with van der Waals surface area (Å²) >= 11 is 6.01. The molecule has 0 unspecified atom stereocenters. The minimum absolute atomic E-state index is 0.291. The van der Waals surface area contributed by atoms with E-state index in [9.17, 15) is 9.59 Å². The Balaban J connectivity index is 1.71. The minimum atomic E-state index is -0.335. The van der Waals surface area contributed by atoms with Crippen LogP contribution >= 0.6 is 11.6 Å². The van der Waals surface area contributed by atoms with E-state index in [2.05, 4.69) is 9.88 Å². The number of imidazole rings is 1. The lowest BCUT2D eigenvalue weighted by Crippen LogP contribution is -2.40. The van der Waals surface area contributed by atoms with E-state index in [1.807, 2.05) is 31.3 Å². The monoisotopic (exact) mass is 375 g/mol. The van der Waals surface area contributed by atoms with Crippen LogP contribution in [-0.2, 0) is 27.2 Å². The smallest absolute Gasteiger partial charge is 0.328 e. The molecule has 0 spiro atoms. The summed E-state index contributed by atoms with van der Waals surface area (Å²) < 4.78 is 4.36. The van der Waals surface area contributed by atoms with Gasteiger partial charge < -0.3 is 9.47 Å². The third kappa shape index (κ3) is 3.59. The quantitative estimate of drug-likeness (QED) is 0.656. The van der Waals surface area contributed by atoms with Crippen LogP contribution in [0, 0.1) is 0 Å². The van der Waals surface area contributed by atoms with E-state index in [-0.39, 0.29) is 11.2 Å². The summed E-state index contributed by atoms with van der Waals surface area (Å²) in [5, 5.41) is 0.718. The zero-order valence-corrected chi connectivity index (χ0v) is 15.9. The number of nitrogens with zero attached hydrogens (tertiary/aromatic N) is 5. The highest BCUT2D eigenvalue weighted by Crippen LogP contribution is 2.12. The average molecular weight is 376 g/mol. The second-order valence-corrected chi connectivity index (χ2v) is 6.98. The molecule has 0 fully saturated rings. The van der Waals surface area contributed by atoms with Gasteiger partial charge in [0.05, 0.1) is 6.33 Å². The first-order valence-electron chi connectivity index (χ1n) is 8.42.